The van der Waals surface area contributed by atoms with Crippen molar-refractivity contribution in [1.29, 1.82) is 0 Å². The molecule has 0 radical (unpaired) electrons. The van der Waals surface area contributed by atoms with Gasteiger partial charge in [-0.3, -0.25) is 9.59 Å². The van der Waals surface area contributed by atoms with E-state index in [1.54, 1.807) is 34.7 Å². The van der Waals surface area contributed by atoms with Gasteiger partial charge in [0.25, 0.3) is 0 Å². The summed E-state index contributed by atoms with van der Waals surface area (Å²) in [4.78, 5) is 22.5. The van der Waals surface area contributed by atoms with Gasteiger partial charge in [0.1, 0.15) is 12.0 Å². The fourth-order valence-corrected chi connectivity index (χ4v) is 0.834. The summed E-state index contributed by atoms with van der Waals surface area (Å²) in [5.74, 6) is -0.619. The smallest absolute Gasteiger partial charge is 0.313 e. The van der Waals surface area contributed by atoms with Gasteiger partial charge in [0.05, 0.1) is 6.04 Å². The van der Waals surface area contributed by atoms with Crippen molar-refractivity contribution in [2.45, 2.75) is 45.8 Å². The highest BCUT2D eigenvalue weighted by Crippen LogP contribution is 2.08. The van der Waals surface area contributed by atoms with E-state index in [2.05, 4.69) is 5.32 Å². The van der Waals surface area contributed by atoms with Gasteiger partial charge in [0.2, 0.25) is 0 Å². The van der Waals surface area contributed by atoms with Crippen LogP contribution in [0.3, 0.4) is 0 Å². The Hall–Kier alpha value is -0.900. The topological polar surface area (TPSA) is 55.4 Å². The van der Waals surface area contributed by atoms with Gasteiger partial charge >= 0.3 is 5.97 Å². The summed E-state index contributed by atoms with van der Waals surface area (Å²) in [6, 6.07) is -0.303. The number of rotatable bonds is 4. The first-order valence-corrected chi connectivity index (χ1v) is 4.68. The summed E-state index contributed by atoms with van der Waals surface area (Å²) in [7, 11) is 1.68. The summed E-state index contributed by atoms with van der Waals surface area (Å²) < 4.78 is 5.02. The van der Waals surface area contributed by atoms with Crippen LogP contribution in [-0.2, 0) is 14.3 Å². The summed E-state index contributed by atoms with van der Waals surface area (Å²) in [6.45, 7) is 7.04. The summed E-state index contributed by atoms with van der Waals surface area (Å²) in [6.07, 6.45) is -0.167. The zero-order valence-corrected chi connectivity index (χ0v) is 9.51. The molecule has 0 aliphatic carbocycles. The molecule has 82 valence electrons. The number of nitrogens with one attached hydrogen (secondary N) is 1. The van der Waals surface area contributed by atoms with E-state index in [0.29, 0.717) is 0 Å². The maximum Gasteiger partial charge on any atom is 0.313 e. The molecule has 0 aliphatic heterocycles. The Morgan fingerprint density at radius 1 is 1.36 bits per heavy atom. The van der Waals surface area contributed by atoms with Crippen molar-refractivity contribution in [3.63, 3.8) is 0 Å². The highest BCUT2D eigenvalue weighted by molar-refractivity contribution is 5.98. The molecule has 0 aromatic heterocycles. The Labute approximate surface area is 85.0 Å². The lowest BCUT2D eigenvalue weighted by Crippen LogP contribution is -2.34. The molecule has 14 heavy (non-hydrogen) atoms. The van der Waals surface area contributed by atoms with E-state index >= 15 is 0 Å². The van der Waals surface area contributed by atoms with Crippen LogP contribution in [0, 0.1) is 0 Å². The molecule has 4 heteroatoms. The minimum absolute atomic E-state index is 0.151. The lowest BCUT2D eigenvalue weighted by atomic mass is 10.1. The molecule has 0 unspecified atom stereocenters. The second-order valence-corrected chi connectivity index (χ2v) is 4.24. The Morgan fingerprint density at radius 3 is 2.21 bits per heavy atom. The Balaban J connectivity index is 4.02. The lowest BCUT2D eigenvalue weighted by molar-refractivity contribution is -0.156. The minimum atomic E-state index is -0.528. The minimum Gasteiger partial charge on any atom is -0.460 e. The van der Waals surface area contributed by atoms with Gasteiger partial charge in [-0.05, 0) is 34.7 Å². The SMILES string of the molecule is CN[C@@H](C)C(=O)CC(=O)OC(C)(C)C. The van der Waals surface area contributed by atoms with Crippen molar-refractivity contribution in [1.82, 2.24) is 5.32 Å². The van der Waals surface area contributed by atoms with Gasteiger partial charge in [0, 0.05) is 0 Å². The zero-order chi connectivity index (χ0) is 11.4. The van der Waals surface area contributed by atoms with E-state index in [-0.39, 0.29) is 18.2 Å². The molecule has 0 heterocycles. The molecule has 0 spiro atoms. The summed E-state index contributed by atoms with van der Waals surface area (Å²) >= 11 is 0. The molecular formula is C10H19NO3. The van der Waals surface area contributed by atoms with E-state index in [0.717, 1.165) is 0 Å². The van der Waals surface area contributed by atoms with Crippen molar-refractivity contribution in [2.75, 3.05) is 7.05 Å². The summed E-state index contributed by atoms with van der Waals surface area (Å²) in [5.41, 5.74) is -0.528. The number of carbonyl (C=O) groups is 2. The quantitative estimate of drug-likeness (QED) is 0.542. The monoisotopic (exact) mass is 201 g/mol. The highest BCUT2D eigenvalue weighted by atomic mass is 16.6. The molecule has 0 aromatic carbocycles. The number of ketones is 1. The third-order valence-electron chi connectivity index (χ3n) is 1.65. The predicted molar refractivity (Wildman–Crippen MR) is 54.0 cm³/mol. The molecule has 0 fully saturated rings. The van der Waals surface area contributed by atoms with Crippen LogP contribution < -0.4 is 5.32 Å². The normalized spacial score (nSPS) is 13.5. The van der Waals surface area contributed by atoms with Crippen LogP contribution in [0.25, 0.3) is 0 Å². The first-order valence-electron chi connectivity index (χ1n) is 4.68. The van der Waals surface area contributed by atoms with Gasteiger partial charge in [-0.25, -0.2) is 0 Å². The third kappa shape index (κ3) is 5.70. The van der Waals surface area contributed by atoms with Crippen LogP contribution in [0.5, 0.6) is 0 Å². The van der Waals surface area contributed by atoms with Crippen LogP contribution in [-0.4, -0.2) is 30.4 Å². The standard InChI is InChI=1S/C10H19NO3/c1-7(11-5)8(12)6-9(13)14-10(2,3)4/h7,11H,6H2,1-5H3/t7-/m0/s1. The number of ether oxygens (including phenoxy) is 1. The molecule has 4 nitrogen and oxygen atoms in total. The first kappa shape index (κ1) is 13.1. The number of hydrogen-bond donors (Lipinski definition) is 1. The maximum atomic E-state index is 11.3. The first-order chi connectivity index (χ1) is 6.26. The number of Topliss-reactive ketones (excluding diaryl/α,β-unsaturated/α-hetero) is 1. The molecule has 0 saturated carbocycles. The number of esters is 1. The van der Waals surface area contributed by atoms with E-state index in [4.69, 9.17) is 4.74 Å². The predicted octanol–water partition coefficient (Wildman–Crippen LogP) is 0.895. The van der Waals surface area contributed by atoms with Gasteiger partial charge in [0.15, 0.2) is 5.78 Å². The number of hydrogen-bond acceptors (Lipinski definition) is 4. The van der Waals surface area contributed by atoms with Crippen LogP contribution in [0.2, 0.25) is 0 Å². The third-order valence-corrected chi connectivity index (χ3v) is 1.65. The maximum absolute atomic E-state index is 11.3. The van der Waals surface area contributed by atoms with Gasteiger partial charge in [-0.2, -0.15) is 0 Å². The zero-order valence-electron chi connectivity index (χ0n) is 9.51. The fraction of sp³-hybridized carbons (Fsp3) is 0.800. The molecule has 0 amide bonds. The molecule has 0 saturated heterocycles. The Morgan fingerprint density at radius 2 is 1.86 bits per heavy atom. The molecular weight excluding hydrogens is 182 g/mol. The average molecular weight is 201 g/mol. The van der Waals surface area contributed by atoms with Gasteiger partial charge in [-0.1, -0.05) is 0 Å². The van der Waals surface area contributed by atoms with Crippen molar-refractivity contribution < 1.29 is 14.3 Å². The van der Waals surface area contributed by atoms with E-state index < -0.39 is 11.6 Å². The van der Waals surface area contributed by atoms with Crippen molar-refractivity contribution in [2.24, 2.45) is 0 Å². The van der Waals surface area contributed by atoms with E-state index in [1.807, 2.05) is 0 Å². The van der Waals surface area contributed by atoms with Crippen LogP contribution in [0.15, 0.2) is 0 Å². The number of carbonyl (C=O) groups excluding carboxylic acids is 2. The lowest BCUT2D eigenvalue weighted by Gasteiger charge is -2.19. The largest absolute Gasteiger partial charge is 0.460 e. The van der Waals surface area contributed by atoms with Crippen LogP contribution >= 0.6 is 0 Å². The molecule has 0 aromatic rings. The van der Waals surface area contributed by atoms with E-state index in [1.165, 1.54) is 0 Å². The number of likely N-dealkylation sites (N-methyl/N-ethyl adjacent to an activating group) is 1. The average Bonchev–Trinajstić information content (AvgIpc) is 1.99. The molecule has 1 N–H and O–H groups in total. The Bertz CT molecular complexity index is 218. The van der Waals surface area contributed by atoms with Crippen molar-refractivity contribution in [3.8, 4) is 0 Å². The fourth-order valence-electron chi connectivity index (χ4n) is 0.834. The van der Waals surface area contributed by atoms with Crippen molar-refractivity contribution >= 4 is 11.8 Å². The molecule has 0 aliphatic rings. The van der Waals surface area contributed by atoms with Crippen LogP contribution in [0.1, 0.15) is 34.1 Å². The molecule has 0 rings (SSSR count). The van der Waals surface area contributed by atoms with Crippen molar-refractivity contribution in [3.05, 3.63) is 0 Å². The van der Waals surface area contributed by atoms with Gasteiger partial charge < -0.3 is 10.1 Å². The van der Waals surface area contributed by atoms with Gasteiger partial charge in [-0.15, -0.1) is 0 Å². The highest BCUT2D eigenvalue weighted by Gasteiger charge is 2.20. The second-order valence-electron chi connectivity index (χ2n) is 4.24. The van der Waals surface area contributed by atoms with E-state index in [9.17, 15) is 9.59 Å². The molecule has 1 atom stereocenters. The molecule has 0 bridgehead atoms. The van der Waals surface area contributed by atoms with Crippen LogP contribution in [0.4, 0.5) is 0 Å². The summed E-state index contributed by atoms with van der Waals surface area (Å²) in [5, 5.41) is 2.78. The second kappa shape index (κ2) is 5.10. The Kier molecular flexibility index (Phi) is 4.77.